The number of fused-ring (bicyclic) bond motifs is 1. The molecule has 2 atom stereocenters. The van der Waals surface area contributed by atoms with Crippen molar-refractivity contribution in [3.8, 4) is 10.6 Å². The van der Waals surface area contributed by atoms with E-state index in [2.05, 4.69) is 43.2 Å². The Bertz CT molecular complexity index is 961. The van der Waals surface area contributed by atoms with E-state index in [-0.39, 0.29) is 18.0 Å². The van der Waals surface area contributed by atoms with E-state index >= 15 is 0 Å². The number of anilines is 1. The molecule has 142 valence electrons. The maximum absolute atomic E-state index is 12.7. The largest absolute Gasteiger partial charge is 0.341 e. The molecule has 0 bridgehead atoms. The highest BCUT2D eigenvalue weighted by Gasteiger charge is 2.47. The van der Waals surface area contributed by atoms with Gasteiger partial charge in [-0.2, -0.15) is 0 Å². The van der Waals surface area contributed by atoms with Crippen molar-refractivity contribution in [2.24, 2.45) is 0 Å². The summed E-state index contributed by atoms with van der Waals surface area (Å²) >= 11 is 1.61. The number of carbonyl (C=O) groups excluding carboxylic acids is 1. The lowest BCUT2D eigenvalue weighted by Gasteiger charge is -2.25. The zero-order valence-corrected chi connectivity index (χ0v) is 16.3. The minimum atomic E-state index is 0.206. The molecule has 2 aliphatic heterocycles. The van der Waals surface area contributed by atoms with Gasteiger partial charge in [0.15, 0.2) is 0 Å². The smallest absolute Gasteiger partial charge is 0.225 e. The van der Waals surface area contributed by atoms with Crippen LogP contribution in [-0.4, -0.2) is 51.2 Å². The summed E-state index contributed by atoms with van der Waals surface area (Å²) in [6, 6.07) is 14.6. The van der Waals surface area contributed by atoms with Crippen LogP contribution >= 0.6 is 11.3 Å². The van der Waals surface area contributed by atoms with E-state index in [0.717, 1.165) is 41.6 Å². The zero-order chi connectivity index (χ0) is 18.9. The lowest BCUT2D eigenvalue weighted by molar-refractivity contribution is -0.129. The SMILES string of the molecule is O=C1C[C@H]2[C@H](CCN2c2nnc(-c3ccccc3)s2)N1CCc1cccnc1. The maximum Gasteiger partial charge on any atom is 0.225 e. The molecule has 1 amide bonds. The van der Waals surface area contributed by atoms with Crippen LogP contribution in [0.2, 0.25) is 0 Å². The van der Waals surface area contributed by atoms with Gasteiger partial charge in [-0.1, -0.05) is 47.7 Å². The fourth-order valence-corrected chi connectivity index (χ4v) is 5.21. The molecule has 2 fully saturated rings. The van der Waals surface area contributed by atoms with Gasteiger partial charge in [0.1, 0.15) is 5.01 Å². The molecule has 0 saturated carbocycles. The Kier molecular flexibility index (Phi) is 4.52. The van der Waals surface area contributed by atoms with Crippen LogP contribution in [0.4, 0.5) is 5.13 Å². The summed E-state index contributed by atoms with van der Waals surface area (Å²) < 4.78 is 0. The van der Waals surface area contributed by atoms with Gasteiger partial charge in [0.05, 0.1) is 12.1 Å². The molecular formula is C21H21N5OS. The van der Waals surface area contributed by atoms with Crippen molar-refractivity contribution in [2.75, 3.05) is 18.0 Å². The van der Waals surface area contributed by atoms with E-state index in [1.165, 1.54) is 5.56 Å². The fourth-order valence-electron chi connectivity index (χ4n) is 4.28. The molecular weight excluding hydrogens is 370 g/mol. The number of likely N-dealkylation sites (tertiary alicyclic amines) is 1. The molecule has 3 aromatic rings. The van der Waals surface area contributed by atoms with Crippen molar-refractivity contribution in [3.63, 3.8) is 0 Å². The summed E-state index contributed by atoms with van der Waals surface area (Å²) in [5.74, 6) is 0.247. The van der Waals surface area contributed by atoms with Gasteiger partial charge >= 0.3 is 0 Å². The second-order valence-corrected chi connectivity index (χ2v) is 8.23. The number of nitrogens with zero attached hydrogens (tertiary/aromatic N) is 5. The van der Waals surface area contributed by atoms with Crippen LogP contribution in [0.3, 0.4) is 0 Å². The summed E-state index contributed by atoms with van der Waals surface area (Å²) in [6.07, 6.45) is 6.06. The first-order chi connectivity index (χ1) is 13.8. The first-order valence-electron chi connectivity index (χ1n) is 9.63. The summed E-state index contributed by atoms with van der Waals surface area (Å²) in [4.78, 5) is 21.2. The van der Waals surface area contributed by atoms with E-state index < -0.39 is 0 Å². The predicted molar refractivity (Wildman–Crippen MR) is 109 cm³/mol. The molecule has 2 saturated heterocycles. The molecule has 7 heteroatoms. The molecule has 6 nitrogen and oxygen atoms in total. The molecule has 28 heavy (non-hydrogen) atoms. The molecule has 5 rings (SSSR count). The van der Waals surface area contributed by atoms with Gasteiger partial charge in [0.2, 0.25) is 11.0 Å². The topological polar surface area (TPSA) is 62.2 Å². The molecule has 2 aliphatic rings. The van der Waals surface area contributed by atoms with Crippen molar-refractivity contribution in [2.45, 2.75) is 31.3 Å². The summed E-state index contributed by atoms with van der Waals surface area (Å²) in [5, 5.41) is 10.7. The van der Waals surface area contributed by atoms with E-state index in [0.29, 0.717) is 6.42 Å². The third-order valence-electron chi connectivity index (χ3n) is 5.66. The Balaban J connectivity index is 1.30. The highest BCUT2D eigenvalue weighted by molar-refractivity contribution is 7.18. The van der Waals surface area contributed by atoms with E-state index in [9.17, 15) is 4.79 Å². The normalized spacial score (nSPS) is 21.4. The van der Waals surface area contributed by atoms with Crippen molar-refractivity contribution >= 4 is 22.4 Å². The van der Waals surface area contributed by atoms with Crippen LogP contribution in [0, 0.1) is 0 Å². The third-order valence-corrected chi connectivity index (χ3v) is 6.67. The Morgan fingerprint density at radius 1 is 1.07 bits per heavy atom. The molecule has 2 aromatic heterocycles. The average Bonchev–Trinajstić information content (AvgIpc) is 3.44. The van der Waals surface area contributed by atoms with E-state index in [1.54, 1.807) is 17.5 Å². The van der Waals surface area contributed by atoms with Gasteiger partial charge in [-0.25, -0.2) is 0 Å². The Morgan fingerprint density at radius 3 is 2.79 bits per heavy atom. The van der Waals surface area contributed by atoms with Crippen molar-refractivity contribution in [1.82, 2.24) is 20.1 Å². The van der Waals surface area contributed by atoms with Gasteiger partial charge in [-0.3, -0.25) is 9.78 Å². The quantitative estimate of drug-likeness (QED) is 0.669. The van der Waals surface area contributed by atoms with Crippen molar-refractivity contribution in [3.05, 3.63) is 60.4 Å². The molecule has 0 N–H and O–H groups in total. The number of hydrogen-bond acceptors (Lipinski definition) is 6. The second kappa shape index (κ2) is 7.31. The number of amides is 1. The molecule has 1 aromatic carbocycles. The summed E-state index contributed by atoms with van der Waals surface area (Å²) in [5.41, 5.74) is 2.26. The lowest BCUT2D eigenvalue weighted by atomic mass is 10.1. The number of carbonyl (C=O) groups is 1. The number of aromatic nitrogens is 3. The van der Waals surface area contributed by atoms with E-state index in [1.807, 2.05) is 30.5 Å². The second-order valence-electron chi connectivity index (χ2n) is 7.28. The average molecular weight is 392 g/mol. The zero-order valence-electron chi connectivity index (χ0n) is 15.4. The molecule has 4 heterocycles. The maximum atomic E-state index is 12.7. The molecule has 0 unspecified atom stereocenters. The number of pyridine rings is 1. The highest BCUT2D eigenvalue weighted by atomic mass is 32.1. The Labute approximate surface area is 167 Å². The first-order valence-corrected chi connectivity index (χ1v) is 10.5. The van der Waals surface area contributed by atoms with Crippen LogP contribution < -0.4 is 4.90 Å². The van der Waals surface area contributed by atoms with Crippen molar-refractivity contribution < 1.29 is 4.79 Å². The predicted octanol–water partition coefficient (Wildman–Crippen LogP) is 3.02. The first kappa shape index (κ1) is 17.3. The van der Waals surface area contributed by atoms with Crippen LogP contribution in [0.25, 0.3) is 10.6 Å². The summed E-state index contributed by atoms with van der Waals surface area (Å²) in [7, 11) is 0. The lowest BCUT2D eigenvalue weighted by Crippen LogP contribution is -2.38. The number of hydrogen-bond donors (Lipinski definition) is 0. The van der Waals surface area contributed by atoms with E-state index in [4.69, 9.17) is 0 Å². The molecule has 0 spiro atoms. The molecule has 0 radical (unpaired) electrons. The molecule has 0 aliphatic carbocycles. The minimum Gasteiger partial charge on any atom is -0.341 e. The van der Waals surface area contributed by atoms with Crippen LogP contribution in [0.5, 0.6) is 0 Å². The van der Waals surface area contributed by atoms with Crippen LogP contribution in [0.15, 0.2) is 54.9 Å². The minimum absolute atomic E-state index is 0.206. The van der Waals surface area contributed by atoms with Gasteiger partial charge in [-0.15, -0.1) is 10.2 Å². The highest BCUT2D eigenvalue weighted by Crippen LogP contribution is 2.38. The third kappa shape index (κ3) is 3.16. The van der Waals surface area contributed by atoms with Gasteiger partial charge in [0, 0.05) is 37.5 Å². The van der Waals surface area contributed by atoms with Crippen LogP contribution in [-0.2, 0) is 11.2 Å². The van der Waals surface area contributed by atoms with Crippen molar-refractivity contribution in [1.29, 1.82) is 0 Å². The van der Waals surface area contributed by atoms with Gasteiger partial charge < -0.3 is 9.80 Å². The van der Waals surface area contributed by atoms with Gasteiger partial charge in [-0.05, 0) is 24.5 Å². The van der Waals surface area contributed by atoms with Crippen LogP contribution in [0.1, 0.15) is 18.4 Å². The number of rotatable bonds is 5. The Hall–Kier alpha value is -2.80. The standard InChI is InChI=1S/C21H21N5OS/c27-19-13-18-17(25(19)11-8-15-5-4-10-22-14-15)9-12-26(18)21-24-23-20(28-21)16-6-2-1-3-7-16/h1-7,10,14,17-18H,8-9,11-13H2/t17-,18-/m0/s1. The Morgan fingerprint density at radius 2 is 1.96 bits per heavy atom. The fraction of sp³-hybridized carbons (Fsp3) is 0.333. The number of benzene rings is 1. The van der Waals surface area contributed by atoms with Gasteiger partial charge in [0.25, 0.3) is 0 Å². The monoisotopic (exact) mass is 391 g/mol. The summed E-state index contributed by atoms with van der Waals surface area (Å²) in [6.45, 7) is 1.68.